The fourth-order valence-electron chi connectivity index (χ4n) is 0. The molecule has 0 amide bonds. The van der Waals surface area contributed by atoms with E-state index in [1.165, 1.54) is 0 Å². The summed E-state index contributed by atoms with van der Waals surface area (Å²) < 4.78 is 0. The smallest absolute Gasteiger partial charge is 0 e. The Kier molecular flexibility index (Phi) is 486. The third kappa shape index (κ3) is 63.9. The van der Waals surface area contributed by atoms with Gasteiger partial charge in [0, 0.05) is 453 Å². The molecule has 0 bridgehead atoms. The molecule has 0 aliphatic heterocycles. The zero-order valence-electron chi connectivity index (χ0n) is 8.49. The predicted molar refractivity (Wildman–Crippen MR) is 69.0 cm³/mol. The van der Waals surface area contributed by atoms with Crippen LogP contribution in [0, 0.1) is 0 Å². The van der Waals surface area contributed by atoms with E-state index in [2.05, 4.69) is 0 Å². The SMILES string of the molecule is [Ca].[Ca].[Ca].[Ca].[Ca].[Ca].[Ca].[Ca].[Ca].[Ca].[Ca].[Ca]. The van der Waals surface area contributed by atoms with Gasteiger partial charge in [0.2, 0.25) is 0 Å². The van der Waals surface area contributed by atoms with Crippen molar-refractivity contribution in [2.24, 2.45) is 0 Å². The molecule has 24 valence electrons. The van der Waals surface area contributed by atoms with E-state index in [4.69, 9.17) is 0 Å². The van der Waals surface area contributed by atoms with Crippen molar-refractivity contribution in [1.29, 1.82) is 0 Å². The normalized spacial score (nSPS) is 0. The van der Waals surface area contributed by atoms with Crippen LogP contribution in [0.15, 0.2) is 0 Å². The summed E-state index contributed by atoms with van der Waals surface area (Å²) in [4.78, 5) is 0. The van der Waals surface area contributed by atoms with Gasteiger partial charge in [0.15, 0.2) is 0 Å². The molecule has 0 N–H and O–H groups in total. The van der Waals surface area contributed by atoms with Crippen LogP contribution in [0.5, 0.6) is 0 Å². The largest absolute Gasteiger partial charge is 0 e. The van der Waals surface area contributed by atoms with Crippen LogP contribution < -0.4 is 0 Å². The Balaban J connectivity index is 0. The fraction of sp³-hybridized carbons (Fsp3) is 0. The van der Waals surface area contributed by atoms with Gasteiger partial charge in [0.05, 0.1) is 0 Å². The van der Waals surface area contributed by atoms with E-state index in [0.29, 0.717) is 0 Å². The topological polar surface area (TPSA) is 0 Å². The second-order valence-electron chi connectivity index (χ2n) is 0. The summed E-state index contributed by atoms with van der Waals surface area (Å²) in [6, 6.07) is 0. The molecule has 0 fully saturated rings. The van der Waals surface area contributed by atoms with Crippen LogP contribution in [0.25, 0.3) is 0 Å². The van der Waals surface area contributed by atoms with Crippen LogP contribution in [-0.2, 0) is 0 Å². The molecule has 12 heteroatoms. The van der Waals surface area contributed by atoms with Crippen molar-refractivity contribution in [1.82, 2.24) is 0 Å². The van der Waals surface area contributed by atoms with Gasteiger partial charge in [-0.15, -0.1) is 0 Å². The zero-order chi connectivity index (χ0) is 0. The second-order valence-corrected chi connectivity index (χ2v) is 0. The molecule has 0 atom stereocenters. The molecule has 0 spiro atoms. The molecular formula is Ca12. The molecule has 0 nitrogen and oxygen atoms in total. The van der Waals surface area contributed by atoms with E-state index in [-0.39, 0.29) is 453 Å². The minimum absolute atomic E-state index is 0. The third-order valence-corrected chi connectivity index (χ3v) is 0. The number of rotatable bonds is 0. The maximum absolute atomic E-state index is 0. The quantitative estimate of drug-likeness (QED) is 0.306. The number of hydrogen-bond acceptors (Lipinski definition) is 0. The van der Waals surface area contributed by atoms with E-state index >= 15 is 0 Å². The minimum Gasteiger partial charge on any atom is 0 e. The third-order valence-electron chi connectivity index (χ3n) is 0. The van der Waals surface area contributed by atoms with E-state index in [9.17, 15) is 0 Å². The van der Waals surface area contributed by atoms with Gasteiger partial charge in [0.1, 0.15) is 0 Å². The van der Waals surface area contributed by atoms with E-state index in [1.807, 2.05) is 0 Å². The molecule has 0 aromatic rings. The van der Waals surface area contributed by atoms with Gasteiger partial charge >= 0.3 is 0 Å². The molecular weight excluding hydrogens is 481 g/mol. The van der Waals surface area contributed by atoms with Crippen LogP contribution in [0.2, 0.25) is 0 Å². The van der Waals surface area contributed by atoms with Crippen molar-refractivity contribution in [3.63, 3.8) is 0 Å². The molecule has 0 saturated carbocycles. The Morgan fingerprint density at radius 2 is 0.0833 bits per heavy atom. The predicted octanol–water partition coefficient (Wildman–Crippen LogP) is -4.57. The Bertz CT molecular complexity index is 0. The molecule has 0 aliphatic rings. The van der Waals surface area contributed by atoms with Gasteiger partial charge in [-0.2, -0.15) is 0 Å². The fourth-order valence-corrected chi connectivity index (χ4v) is 0. The first kappa shape index (κ1) is 80.9. The summed E-state index contributed by atoms with van der Waals surface area (Å²) in [7, 11) is 0. The first-order valence-corrected chi connectivity index (χ1v) is 0. The molecule has 0 aliphatic carbocycles. The maximum Gasteiger partial charge on any atom is 0 e. The van der Waals surface area contributed by atoms with Crippen LogP contribution >= 0.6 is 0 Å². The molecule has 0 aromatic carbocycles. The summed E-state index contributed by atoms with van der Waals surface area (Å²) >= 11 is 0. The molecule has 0 aromatic heterocycles. The summed E-state index contributed by atoms with van der Waals surface area (Å²) in [5, 5.41) is 0. The van der Waals surface area contributed by atoms with Crippen molar-refractivity contribution in [2.75, 3.05) is 0 Å². The van der Waals surface area contributed by atoms with Gasteiger partial charge < -0.3 is 0 Å². The van der Waals surface area contributed by atoms with Gasteiger partial charge in [-0.05, 0) is 0 Å². The summed E-state index contributed by atoms with van der Waals surface area (Å²) in [6.45, 7) is 0. The second kappa shape index (κ2) is 72.1. The standard InChI is InChI=1S/12Ca. The van der Waals surface area contributed by atoms with Crippen LogP contribution in [0.3, 0.4) is 0 Å². The molecule has 0 rings (SSSR count). The van der Waals surface area contributed by atoms with Crippen LogP contribution in [-0.4, -0.2) is 453 Å². The van der Waals surface area contributed by atoms with E-state index in [1.54, 1.807) is 0 Å². The first-order valence-electron chi connectivity index (χ1n) is 0. The monoisotopic (exact) mass is 480 g/mol. The maximum atomic E-state index is 0. The van der Waals surface area contributed by atoms with Crippen molar-refractivity contribution in [2.45, 2.75) is 0 Å². The Labute approximate surface area is 435 Å². The molecule has 0 saturated heterocycles. The van der Waals surface area contributed by atoms with Crippen molar-refractivity contribution < 1.29 is 0 Å². The van der Waals surface area contributed by atoms with Gasteiger partial charge in [0.25, 0.3) is 0 Å². The van der Waals surface area contributed by atoms with Crippen molar-refractivity contribution in [3.8, 4) is 0 Å². The van der Waals surface area contributed by atoms with Gasteiger partial charge in [-0.1, -0.05) is 0 Å². The minimum atomic E-state index is 0. The van der Waals surface area contributed by atoms with Crippen LogP contribution in [0.4, 0.5) is 0 Å². The number of hydrogen-bond donors (Lipinski definition) is 0. The average molecular weight is 481 g/mol. The van der Waals surface area contributed by atoms with E-state index < -0.39 is 0 Å². The molecule has 0 unspecified atom stereocenters. The Hall–Kier alpha value is 15.1. The van der Waals surface area contributed by atoms with Gasteiger partial charge in [-0.25, -0.2) is 0 Å². The Morgan fingerprint density at radius 1 is 0.0833 bits per heavy atom. The molecule has 12 heavy (non-hydrogen) atoms. The first-order chi connectivity index (χ1) is 0. The summed E-state index contributed by atoms with van der Waals surface area (Å²) in [6.07, 6.45) is 0. The molecule has 24 radical (unpaired) electrons. The average Bonchev–Trinajstić information content (AvgIpc) is 0. The van der Waals surface area contributed by atoms with Gasteiger partial charge in [-0.3, -0.25) is 0 Å². The molecule has 0 heterocycles. The van der Waals surface area contributed by atoms with E-state index in [0.717, 1.165) is 0 Å². The van der Waals surface area contributed by atoms with Crippen molar-refractivity contribution >= 4 is 453 Å². The van der Waals surface area contributed by atoms with Crippen LogP contribution in [0.1, 0.15) is 0 Å². The zero-order valence-corrected chi connectivity index (χ0v) is 35.0. The summed E-state index contributed by atoms with van der Waals surface area (Å²) in [5.74, 6) is 0. The summed E-state index contributed by atoms with van der Waals surface area (Å²) in [5.41, 5.74) is 0. The Morgan fingerprint density at radius 3 is 0.0833 bits per heavy atom. The van der Waals surface area contributed by atoms with Crippen molar-refractivity contribution in [3.05, 3.63) is 0 Å².